The van der Waals surface area contributed by atoms with Gasteiger partial charge in [0.1, 0.15) is 6.61 Å². The van der Waals surface area contributed by atoms with Crippen LogP contribution < -0.4 is 4.90 Å². The van der Waals surface area contributed by atoms with Gasteiger partial charge in [-0.1, -0.05) is 36.4 Å². The molecule has 1 heterocycles. The molecular formula is C17H17NO2. The summed E-state index contributed by atoms with van der Waals surface area (Å²) in [6, 6.07) is 20.7. The minimum absolute atomic E-state index is 0.0951. The van der Waals surface area contributed by atoms with Crippen LogP contribution in [-0.4, -0.2) is 18.6 Å². The number of benzene rings is 2. The van der Waals surface area contributed by atoms with Crippen LogP contribution in [0.15, 0.2) is 60.7 Å². The molecule has 0 radical (unpaired) electrons. The Labute approximate surface area is 118 Å². The van der Waals surface area contributed by atoms with Crippen molar-refractivity contribution in [2.24, 2.45) is 0 Å². The molecule has 0 saturated carbocycles. The van der Waals surface area contributed by atoms with Crippen LogP contribution in [-0.2, 0) is 9.53 Å². The van der Waals surface area contributed by atoms with Crippen molar-refractivity contribution in [1.29, 1.82) is 0 Å². The van der Waals surface area contributed by atoms with Gasteiger partial charge in [-0.2, -0.15) is 0 Å². The molecule has 0 spiro atoms. The minimum atomic E-state index is -0.0951. The third-order valence-corrected chi connectivity index (χ3v) is 3.55. The van der Waals surface area contributed by atoms with Gasteiger partial charge in [-0.3, -0.25) is 4.79 Å². The van der Waals surface area contributed by atoms with Gasteiger partial charge in [-0.15, -0.1) is 0 Å². The first-order valence-electron chi connectivity index (χ1n) is 6.89. The maximum absolute atomic E-state index is 11.3. The summed E-state index contributed by atoms with van der Waals surface area (Å²) in [7, 11) is 0. The second-order valence-corrected chi connectivity index (χ2v) is 4.92. The number of carbonyl (C=O) groups excluding carboxylic acids is 1. The molecule has 1 fully saturated rings. The summed E-state index contributed by atoms with van der Waals surface area (Å²) in [5.74, 6) is -0.0951. The average Bonchev–Trinajstić information content (AvgIpc) is 2.52. The number of hydrogen-bond donors (Lipinski definition) is 0. The molecule has 0 amide bonds. The Balaban J connectivity index is 1.94. The van der Waals surface area contributed by atoms with Gasteiger partial charge in [-0.05, 0) is 30.7 Å². The molecule has 3 rings (SSSR count). The predicted octanol–water partition coefficient (Wildman–Crippen LogP) is 3.53. The molecule has 102 valence electrons. The van der Waals surface area contributed by atoms with E-state index in [0.29, 0.717) is 13.0 Å². The van der Waals surface area contributed by atoms with E-state index in [0.717, 1.165) is 17.8 Å². The molecule has 1 unspecified atom stereocenters. The number of nitrogens with zero attached hydrogens (tertiary/aromatic N) is 1. The van der Waals surface area contributed by atoms with Crippen molar-refractivity contribution in [2.45, 2.75) is 18.9 Å². The van der Waals surface area contributed by atoms with Gasteiger partial charge in [-0.25, -0.2) is 0 Å². The Morgan fingerprint density at radius 1 is 0.900 bits per heavy atom. The molecule has 3 nitrogen and oxygen atoms in total. The fourth-order valence-electron chi connectivity index (χ4n) is 2.58. The van der Waals surface area contributed by atoms with E-state index < -0.39 is 0 Å². The molecule has 2 aromatic rings. The maximum atomic E-state index is 11.3. The molecular weight excluding hydrogens is 250 g/mol. The largest absolute Gasteiger partial charge is 0.463 e. The summed E-state index contributed by atoms with van der Waals surface area (Å²) in [5.41, 5.74) is 2.25. The quantitative estimate of drug-likeness (QED) is 0.797. The zero-order valence-corrected chi connectivity index (χ0v) is 11.2. The maximum Gasteiger partial charge on any atom is 0.305 e. The summed E-state index contributed by atoms with van der Waals surface area (Å²) in [6.45, 7) is 0.447. The van der Waals surface area contributed by atoms with Gasteiger partial charge in [0.25, 0.3) is 0 Å². The number of ether oxygens (including phenoxy) is 1. The number of hydrogen-bond acceptors (Lipinski definition) is 3. The van der Waals surface area contributed by atoms with Gasteiger partial charge in [0.05, 0.1) is 6.04 Å². The molecule has 0 bridgehead atoms. The molecule has 1 atom stereocenters. The Kier molecular flexibility index (Phi) is 3.68. The van der Waals surface area contributed by atoms with Gasteiger partial charge in [0.2, 0.25) is 0 Å². The van der Waals surface area contributed by atoms with Crippen LogP contribution in [0.3, 0.4) is 0 Å². The van der Waals surface area contributed by atoms with E-state index in [4.69, 9.17) is 4.74 Å². The van der Waals surface area contributed by atoms with Crippen LogP contribution >= 0.6 is 0 Å². The fourth-order valence-corrected chi connectivity index (χ4v) is 2.58. The van der Waals surface area contributed by atoms with E-state index in [1.165, 1.54) is 0 Å². The first-order valence-corrected chi connectivity index (χ1v) is 6.89. The van der Waals surface area contributed by atoms with Crippen molar-refractivity contribution in [3.8, 4) is 0 Å². The van der Waals surface area contributed by atoms with Crippen LogP contribution in [0.25, 0.3) is 0 Å². The highest BCUT2D eigenvalue weighted by Crippen LogP contribution is 2.30. The van der Waals surface area contributed by atoms with E-state index >= 15 is 0 Å². The Morgan fingerprint density at radius 3 is 1.90 bits per heavy atom. The number of cyclic esters (lactones) is 1. The molecule has 0 N–H and O–H groups in total. The number of esters is 1. The molecule has 1 aliphatic heterocycles. The number of rotatable bonds is 3. The van der Waals surface area contributed by atoms with Crippen molar-refractivity contribution >= 4 is 17.3 Å². The normalized spacial score (nSPS) is 18.4. The van der Waals surface area contributed by atoms with Gasteiger partial charge < -0.3 is 9.64 Å². The third kappa shape index (κ3) is 2.67. The third-order valence-electron chi connectivity index (χ3n) is 3.55. The Morgan fingerprint density at radius 2 is 1.45 bits per heavy atom. The molecule has 20 heavy (non-hydrogen) atoms. The molecule has 2 aromatic carbocycles. The van der Waals surface area contributed by atoms with Crippen molar-refractivity contribution in [3.63, 3.8) is 0 Å². The van der Waals surface area contributed by atoms with Crippen LogP contribution in [0.1, 0.15) is 12.8 Å². The highest BCUT2D eigenvalue weighted by molar-refractivity contribution is 5.71. The summed E-state index contributed by atoms with van der Waals surface area (Å²) >= 11 is 0. The van der Waals surface area contributed by atoms with Crippen LogP contribution in [0.5, 0.6) is 0 Å². The summed E-state index contributed by atoms with van der Waals surface area (Å²) in [6.07, 6.45) is 1.31. The number of carbonyl (C=O) groups is 1. The summed E-state index contributed by atoms with van der Waals surface area (Å²) in [4.78, 5) is 13.5. The van der Waals surface area contributed by atoms with Crippen molar-refractivity contribution < 1.29 is 9.53 Å². The van der Waals surface area contributed by atoms with Crippen molar-refractivity contribution in [3.05, 3.63) is 60.7 Å². The molecule has 1 aliphatic rings. The lowest BCUT2D eigenvalue weighted by Gasteiger charge is -2.35. The topological polar surface area (TPSA) is 29.5 Å². The van der Waals surface area contributed by atoms with Crippen molar-refractivity contribution in [2.75, 3.05) is 11.5 Å². The summed E-state index contributed by atoms with van der Waals surface area (Å²) < 4.78 is 5.23. The smallest absolute Gasteiger partial charge is 0.305 e. The first kappa shape index (κ1) is 12.7. The zero-order chi connectivity index (χ0) is 13.8. The minimum Gasteiger partial charge on any atom is -0.463 e. The number of para-hydroxylation sites is 2. The van der Waals surface area contributed by atoms with Crippen LogP contribution in [0.4, 0.5) is 11.4 Å². The lowest BCUT2D eigenvalue weighted by Crippen LogP contribution is -2.39. The highest BCUT2D eigenvalue weighted by atomic mass is 16.5. The standard InChI is InChI=1S/C17H17NO2/c19-17-12-11-16(13-20-17)18(14-7-3-1-4-8-14)15-9-5-2-6-10-15/h1-10,16H,11-13H2. The van der Waals surface area contributed by atoms with Crippen molar-refractivity contribution in [1.82, 2.24) is 0 Å². The van der Waals surface area contributed by atoms with Crippen LogP contribution in [0, 0.1) is 0 Å². The van der Waals surface area contributed by atoms with Gasteiger partial charge in [0, 0.05) is 17.8 Å². The number of anilines is 2. The average molecular weight is 267 g/mol. The predicted molar refractivity (Wildman–Crippen MR) is 79.0 cm³/mol. The Hall–Kier alpha value is -2.29. The molecule has 3 heteroatoms. The molecule has 1 saturated heterocycles. The lowest BCUT2D eigenvalue weighted by molar-refractivity contribution is -0.147. The summed E-state index contributed by atoms with van der Waals surface area (Å²) in [5, 5.41) is 0. The highest BCUT2D eigenvalue weighted by Gasteiger charge is 2.26. The van der Waals surface area contributed by atoms with Gasteiger partial charge in [0.15, 0.2) is 0 Å². The molecule has 0 aliphatic carbocycles. The SMILES string of the molecule is O=C1CCC(N(c2ccccc2)c2ccccc2)CO1. The fraction of sp³-hybridized carbons (Fsp3) is 0.235. The Bertz CT molecular complexity index is 519. The van der Waals surface area contributed by atoms with E-state index in [-0.39, 0.29) is 12.0 Å². The van der Waals surface area contributed by atoms with E-state index in [1.807, 2.05) is 36.4 Å². The first-order chi connectivity index (χ1) is 9.84. The second-order valence-electron chi connectivity index (χ2n) is 4.92. The second kappa shape index (κ2) is 5.78. The van der Waals surface area contributed by atoms with Crippen LogP contribution in [0.2, 0.25) is 0 Å². The monoisotopic (exact) mass is 267 g/mol. The van der Waals surface area contributed by atoms with E-state index in [1.54, 1.807) is 0 Å². The van der Waals surface area contributed by atoms with E-state index in [2.05, 4.69) is 29.2 Å². The lowest BCUT2D eigenvalue weighted by atomic mass is 10.1. The zero-order valence-electron chi connectivity index (χ0n) is 11.2. The van der Waals surface area contributed by atoms with Gasteiger partial charge >= 0.3 is 5.97 Å². The van der Waals surface area contributed by atoms with E-state index in [9.17, 15) is 4.79 Å². The molecule has 0 aromatic heterocycles.